The van der Waals surface area contributed by atoms with Crippen molar-refractivity contribution in [1.82, 2.24) is 14.8 Å². The predicted octanol–water partition coefficient (Wildman–Crippen LogP) is 2.13. The Bertz CT molecular complexity index is 597. The molecule has 0 radical (unpaired) electrons. The number of methoxy groups -OCH3 is 1. The molecule has 2 rings (SSSR count). The molecule has 0 fully saturated rings. The van der Waals surface area contributed by atoms with Crippen LogP contribution in [0, 0.1) is 10.1 Å². The van der Waals surface area contributed by atoms with Gasteiger partial charge >= 0.3 is 0 Å². The summed E-state index contributed by atoms with van der Waals surface area (Å²) in [6.07, 6.45) is 0. The molecule has 0 saturated heterocycles. The Morgan fingerprint density at radius 2 is 2.05 bits per heavy atom. The molecule has 0 unspecified atom stereocenters. The molecule has 106 valence electrons. The van der Waals surface area contributed by atoms with Gasteiger partial charge in [0.25, 0.3) is 5.69 Å². The van der Waals surface area contributed by atoms with Crippen LogP contribution >= 0.6 is 11.8 Å². The summed E-state index contributed by atoms with van der Waals surface area (Å²) in [6.45, 7) is 0.643. The first-order valence-electron chi connectivity index (χ1n) is 5.89. The van der Waals surface area contributed by atoms with Gasteiger partial charge < -0.3 is 9.30 Å². The van der Waals surface area contributed by atoms with E-state index in [9.17, 15) is 10.1 Å². The molecule has 7 nitrogen and oxygen atoms in total. The van der Waals surface area contributed by atoms with E-state index in [1.807, 2.05) is 11.6 Å². The van der Waals surface area contributed by atoms with Crippen LogP contribution < -0.4 is 0 Å². The van der Waals surface area contributed by atoms with Gasteiger partial charge in [-0.1, -0.05) is 11.8 Å². The Balaban J connectivity index is 2.18. The van der Waals surface area contributed by atoms with Gasteiger partial charge in [-0.25, -0.2) is 0 Å². The van der Waals surface area contributed by atoms with E-state index >= 15 is 0 Å². The zero-order chi connectivity index (χ0) is 14.5. The number of non-ortho nitro benzene ring substituents is 1. The third-order valence-electron chi connectivity index (χ3n) is 2.69. The maximum Gasteiger partial charge on any atom is 0.269 e. The van der Waals surface area contributed by atoms with Gasteiger partial charge in [0.05, 0.1) is 11.5 Å². The molecule has 0 spiro atoms. The number of nitrogens with zero attached hydrogens (tertiary/aromatic N) is 4. The van der Waals surface area contributed by atoms with Crippen LogP contribution in [-0.4, -0.2) is 39.2 Å². The molecule has 0 aliphatic heterocycles. The predicted molar refractivity (Wildman–Crippen MR) is 75.7 cm³/mol. The van der Waals surface area contributed by atoms with Gasteiger partial charge in [0.15, 0.2) is 11.0 Å². The lowest BCUT2D eigenvalue weighted by molar-refractivity contribution is -0.384. The van der Waals surface area contributed by atoms with Crippen LogP contribution in [-0.2, 0) is 11.8 Å². The summed E-state index contributed by atoms with van der Waals surface area (Å²) in [6, 6.07) is 6.26. The largest absolute Gasteiger partial charge is 0.384 e. The Kier molecular flexibility index (Phi) is 4.70. The molecule has 0 saturated carbocycles. The van der Waals surface area contributed by atoms with Gasteiger partial charge in [-0.15, -0.1) is 10.2 Å². The maximum absolute atomic E-state index is 10.6. The van der Waals surface area contributed by atoms with E-state index in [-0.39, 0.29) is 5.69 Å². The topological polar surface area (TPSA) is 83.1 Å². The zero-order valence-electron chi connectivity index (χ0n) is 11.1. The van der Waals surface area contributed by atoms with Gasteiger partial charge in [0, 0.05) is 37.6 Å². The van der Waals surface area contributed by atoms with Crippen molar-refractivity contribution in [1.29, 1.82) is 0 Å². The normalized spacial score (nSPS) is 10.7. The molecular formula is C12H14N4O3S. The second-order valence-corrected chi connectivity index (χ2v) is 5.07. The van der Waals surface area contributed by atoms with E-state index in [0.717, 1.165) is 16.5 Å². The molecule has 0 aliphatic carbocycles. The van der Waals surface area contributed by atoms with Gasteiger partial charge in [0.1, 0.15) is 0 Å². The number of hydrogen-bond donors (Lipinski definition) is 0. The highest BCUT2D eigenvalue weighted by Gasteiger charge is 2.12. The first kappa shape index (κ1) is 14.5. The quantitative estimate of drug-likeness (QED) is 0.351. The van der Waals surface area contributed by atoms with Gasteiger partial charge in [-0.3, -0.25) is 10.1 Å². The fraction of sp³-hybridized carbons (Fsp3) is 0.333. The molecule has 2 aromatic rings. The zero-order valence-corrected chi connectivity index (χ0v) is 12.0. The van der Waals surface area contributed by atoms with Crippen molar-refractivity contribution in [3.05, 3.63) is 34.4 Å². The van der Waals surface area contributed by atoms with Crippen LogP contribution in [0.5, 0.6) is 0 Å². The lowest BCUT2D eigenvalue weighted by Crippen LogP contribution is -1.97. The molecule has 1 aromatic heterocycles. The Labute approximate surface area is 120 Å². The molecule has 0 atom stereocenters. The standard InChI is InChI=1S/C12H14N4O3S/c1-15-11(13-14-12(15)20-8-7-19-2)9-3-5-10(6-4-9)16(17)18/h3-6H,7-8H2,1-2H3. The van der Waals surface area contributed by atoms with Crippen molar-refractivity contribution in [3.8, 4) is 11.4 Å². The molecule has 20 heavy (non-hydrogen) atoms. The van der Waals surface area contributed by atoms with Gasteiger partial charge in [-0.2, -0.15) is 0 Å². The SMILES string of the molecule is COCCSc1nnc(-c2ccc([N+](=O)[O-])cc2)n1C. The van der Waals surface area contributed by atoms with Crippen molar-refractivity contribution in [2.75, 3.05) is 19.5 Å². The molecule has 0 amide bonds. The van der Waals surface area contributed by atoms with Crippen LogP contribution in [0.2, 0.25) is 0 Å². The van der Waals surface area contributed by atoms with Crippen molar-refractivity contribution in [3.63, 3.8) is 0 Å². The monoisotopic (exact) mass is 294 g/mol. The first-order valence-corrected chi connectivity index (χ1v) is 6.88. The summed E-state index contributed by atoms with van der Waals surface area (Å²) in [5.74, 6) is 1.47. The van der Waals surface area contributed by atoms with Crippen LogP contribution in [0.4, 0.5) is 5.69 Å². The fourth-order valence-corrected chi connectivity index (χ4v) is 2.45. The first-order chi connectivity index (χ1) is 9.63. The van der Waals surface area contributed by atoms with Crippen molar-refractivity contribution in [2.24, 2.45) is 7.05 Å². The highest BCUT2D eigenvalue weighted by Crippen LogP contribution is 2.24. The van der Waals surface area contributed by atoms with Crippen molar-refractivity contribution in [2.45, 2.75) is 5.16 Å². The third kappa shape index (κ3) is 3.14. The van der Waals surface area contributed by atoms with Crippen LogP contribution in [0.1, 0.15) is 0 Å². The molecule has 0 aliphatic rings. The fourth-order valence-electron chi connectivity index (χ4n) is 1.64. The number of nitro benzene ring substituents is 1. The van der Waals surface area contributed by atoms with Crippen LogP contribution in [0.25, 0.3) is 11.4 Å². The van der Waals surface area contributed by atoms with E-state index in [4.69, 9.17) is 4.74 Å². The number of ether oxygens (including phenoxy) is 1. The molecule has 8 heteroatoms. The molecule has 1 heterocycles. The molecule has 1 aromatic carbocycles. The second kappa shape index (κ2) is 6.49. The summed E-state index contributed by atoms with van der Waals surface area (Å²) in [5, 5.41) is 19.6. The van der Waals surface area contributed by atoms with Crippen LogP contribution in [0.3, 0.4) is 0 Å². The number of thioether (sulfide) groups is 1. The highest BCUT2D eigenvalue weighted by molar-refractivity contribution is 7.99. The smallest absolute Gasteiger partial charge is 0.269 e. The summed E-state index contributed by atoms with van der Waals surface area (Å²) >= 11 is 1.55. The van der Waals surface area contributed by atoms with Crippen molar-refractivity contribution < 1.29 is 9.66 Å². The van der Waals surface area contributed by atoms with E-state index in [0.29, 0.717) is 12.4 Å². The molecule has 0 bridgehead atoms. The highest BCUT2D eigenvalue weighted by atomic mass is 32.2. The summed E-state index contributed by atoms with van der Waals surface area (Å²) < 4.78 is 6.85. The summed E-state index contributed by atoms with van der Waals surface area (Å²) in [5.41, 5.74) is 0.856. The summed E-state index contributed by atoms with van der Waals surface area (Å²) in [7, 11) is 3.52. The number of benzene rings is 1. The Morgan fingerprint density at radius 3 is 2.65 bits per heavy atom. The lowest BCUT2D eigenvalue weighted by Gasteiger charge is -2.03. The molecule has 0 N–H and O–H groups in total. The Morgan fingerprint density at radius 1 is 1.35 bits per heavy atom. The van der Waals surface area contributed by atoms with E-state index < -0.39 is 4.92 Å². The number of hydrogen-bond acceptors (Lipinski definition) is 6. The van der Waals surface area contributed by atoms with Crippen LogP contribution in [0.15, 0.2) is 29.4 Å². The Hall–Kier alpha value is -1.93. The van der Waals surface area contributed by atoms with E-state index in [2.05, 4.69) is 10.2 Å². The van der Waals surface area contributed by atoms with Gasteiger partial charge in [-0.05, 0) is 12.1 Å². The average Bonchev–Trinajstić information content (AvgIpc) is 2.81. The number of nitro groups is 1. The summed E-state index contributed by atoms with van der Waals surface area (Å²) in [4.78, 5) is 10.2. The minimum Gasteiger partial charge on any atom is -0.384 e. The number of aromatic nitrogens is 3. The van der Waals surface area contributed by atoms with Gasteiger partial charge in [0.2, 0.25) is 0 Å². The maximum atomic E-state index is 10.6. The molecular weight excluding hydrogens is 280 g/mol. The average molecular weight is 294 g/mol. The van der Waals surface area contributed by atoms with E-state index in [1.54, 1.807) is 31.0 Å². The minimum atomic E-state index is -0.424. The third-order valence-corrected chi connectivity index (χ3v) is 3.67. The van der Waals surface area contributed by atoms with Crippen molar-refractivity contribution >= 4 is 17.4 Å². The van der Waals surface area contributed by atoms with E-state index in [1.165, 1.54) is 12.1 Å². The number of rotatable bonds is 6. The minimum absolute atomic E-state index is 0.0608. The lowest BCUT2D eigenvalue weighted by atomic mass is 10.2. The second-order valence-electron chi connectivity index (χ2n) is 4.01.